The maximum absolute atomic E-state index is 12.7. The predicted molar refractivity (Wildman–Crippen MR) is 52.6 cm³/mol. The summed E-state index contributed by atoms with van der Waals surface area (Å²) in [5.41, 5.74) is 0.267. The van der Waals surface area contributed by atoms with E-state index in [2.05, 4.69) is 4.98 Å². The third kappa shape index (κ3) is 3.24. The molecule has 1 aromatic heterocycles. The Morgan fingerprint density at radius 2 is 2.07 bits per heavy atom. The Morgan fingerprint density at radius 3 is 2.57 bits per heavy atom. The molecule has 0 aliphatic heterocycles. The average molecular weight is 195 g/mol. The summed E-state index contributed by atoms with van der Waals surface area (Å²) in [6, 6.07) is 1.22. The first-order chi connectivity index (χ1) is 6.38. The average Bonchev–Trinajstić information content (AvgIpc) is 2.01. The molecule has 0 aliphatic carbocycles. The van der Waals surface area contributed by atoms with Crippen LogP contribution in [0.1, 0.15) is 37.6 Å². The van der Waals surface area contributed by atoms with Crippen molar-refractivity contribution in [2.75, 3.05) is 0 Å². The van der Waals surface area contributed by atoms with Gasteiger partial charge in [0, 0.05) is 18.2 Å². The molecule has 0 amide bonds. The number of carbonyl (C=O) groups is 1. The largest absolute Gasteiger partial charge is 0.294 e. The topological polar surface area (TPSA) is 30.0 Å². The van der Waals surface area contributed by atoms with E-state index in [0.29, 0.717) is 12.0 Å². The molecule has 0 bridgehead atoms. The van der Waals surface area contributed by atoms with Crippen molar-refractivity contribution < 1.29 is 9.18 Å². The van der Waals surface area contributed by atoms with E-state index in [1.54, 1.807) is 0 Å². The molecule has 0 radical (unpaired) electrons. The van der Waals surface area contributed by atoms with Crippen molar-refractivity contribution in [1.29, 1.82) is 0 Å². The van der Waals surface area contributed by atoms with E-state index in [4.69, 9.17) is 0 Å². The first-order valence-electron chi connectivity index (χ1n) is 4.52. The smallest absolute Gasteiger partial charge is 0.165 e. The molecule has 1 rings (SSSR count). The first-order valence-corrected chi connectivity index (χ1v) is 4.52. The molecule has 1 heterocycles. The number of rotatable bonds is 2. The standard InChI is InChI=1S/C11H14FNO/c1-11(2,3)5-10(14)8-4-9(12)7-13-6-8/h4,6-7H,5H2,1-3H3. The van der Waals surface area contributed by atoms with Gasteiger partial charge in [0.2, 0.25) is 0 Å². The van der Waals surface area contributed by atoms with Gasteiger partial charge in [-0.25, -0.2) is 4.39 Å². The van der Waals surface area contributed by atoms with E-state index in [-0.39, 0.29) is 11.2 Å². The van der Waals surface area contributed by atoms with E-state index < -0.39 is 5.82 Å². The lowest BCUT2D eigenvalue weighted by atomic mass is 9.88. The zero-order valence-corrected chi connectivity index (χ0v) is 8.67. The summed E-state index contributed by atoms with van der Waals surface area (Å²) in [5, 5.41) is 0. The number of carbonyl (C=O) groups excluding carboxylic acids is 1. The summed E-state index contributed by atoms with van der Waals surface area (Å²) in [5.74, 6) is -0.533. The molecule has 0 aromatic carbocycles. The summed E-state index contributed by atoms with van der Waals surface area (Å²) in [4.78, 5) is 15.2. The number of nitrogens with zero attached hydrogens (tertiary/aromatic N) is 1. The Morgan fingerprint density at radius 1 is 1.43 bits per heavy atom. The Bertz CT molecular complexity index is 341. The number of aromatic nitrogens is 1. The summed E-state index contributed by atoms with van der Waals surface area (Å²) in [6.07, 6.45) is 2.89. The van der Waals surface area contributed by atoms with Gasteiger partial charge in [-0.3, -0.25) is 9.78 Å². The van der Waals surface area contributed by atoms with Crippen LogP contribution in [-0.4, -0.2) is 10.8 Å². The van der Waals surface area contributed by atoms with Gasteiger partial charge in [-0.05, 0) is 11.5 Å². The third-order valence-electron chi connectivity index (χ3n) is 1.72. The molecule has 0 saturated carbocycles. The van der Waals surface area contributed by atoms with Crippen LogP contribution in [0, 0.1) is 11.2 Å². The molecule has 0 spiro atoms. The minimum absolute atomic E-state index is 0.0653. The predicted octanol–water partition coefficient (Wildman–Crippen LogP) is 2.84. The summed E-state index contributed by atoms with van der Waals surface area (Å²) in [7, 11) is 0. The molecule has 0 atom stereocenters. The second-order valence-electron chi connectivity index (χ2n) is 4.55. The van der Waals surface area contributed by atoms with Crippen molar-refractivity contribution in [3.63, 3.8) is 0 Å². The fourth-order valence-corrected chi connectivity index (χ4v) is 1.15. The number of hydrogen-bond donors (Lipinski definition) is 0. The number of ketones is 1. The summed E-state index contributed by atoms with van der Waals surface area (Å²) in [6.45, 7) is 5.91. The summed E-state index contributed by atoms with van der Waals surface area (Å²) >= 11 is 0. The van der Waals surface area contributed by atoms with Crippen molar-refractivity contribution in [3.05, 3.63) is 29.8 Å². The van der Waals surface area contributed by atoms with Crippen LogP contribution in [0.25, 0.3) is 0 Å². The van der Waals surface area contributed by atoms with Gasteiger partial charge in [0.1, 0.15) is 5.82 Å². The van der Waals surface area contributed by atoms with E-state index in [1.807, 2.05) is 20.8 Å². The van der Waals surface area contributed by atoms with Crippen molar-refractivity contribution in [1.82, 2.24) is 4.98 Å². The molecule has 0 N–H and O–H groups in total. The summed E-state index contributed by atoms with van der Waals surface area (Å²) < 4.78 is 12.7. The van der Waals surface area contributed by atoms with Gasteiger partial charge < -0.3 is 0 Å². The highest BCUT2D eigenvalue weighted by molar-refractivity contribution is 5.96. The van der Waals surface area contributed by atoms with Gasteiger partial charge in [0.25, 0.3) is 0 Å². The molecule has 14 heavy (non-hydrogen) atoms. The molecule has 3 heteroatoms. The molecule has 0 aliphatic rings. The van der Waals surface area contributed by atoms with E-state index in [0.717, 1.165) is 6.20 Å². The first kappa shape index (κ1) is 10.8. The van der Waals surface area contributed by atoms with Crippen molar-refractivity contribution in [3.8, 4) is 0 Å². The van der Waals surface area contributed by atoms with Crippen molar-refractivity contribution in [2.45, 2.75) is 27.2 Å². The second-order valence-corrected chi connectivity index (χ2v) is 4.55. The van der Waals surface area contributed by atoms with Crippen LogP contribution in [0.2, 0.25) is 0 Å². The van der Waals surface area contributed by atoms with E-state index in [9.17, 15) is 9.18 Å². The second kappa shape index (κ2) is 3.86. The Hall–Kier alpha value is -1.25. The lowest BCUT2D eigenvalue weighted by Gasteiger charge is -2.16. The van der Waals surface area contributed by atoms with Crippen molar-refractivity contribution in [2.24, 2.45) is 5.41 Å². The number of halogens is 1. The van der Waals surface area contributed by atoms with Gasteiger partial charge >= 0.3 is 0 Å². The van der Waals surface area contributed by atoms with Gasteiger partial charge in [-0.15, -0.1) is 0 Å². The monoisotopic (exact) mass is 195 g/mol. The zero-order chi connectivity index (χ0) is 10.8. The Balaban J connectivity index is 2.80. The number of pyridine rings is 1. The van der Waals surface area contributed by atoms with Gasteiger partial charge in [-0.2, -0.15) is 0 Å². The van der Waals surface area contributed by atoms with Crippen LogP contribution < -0.4 is 0 Å². The van der Waals surface area contributed by atoms with E-state index >= 15 is 0 Å². The van der Waals surface area contributed by atoms with E-state index in [1.165, 1.54) is 12.3 Å². The maximum atomic E-state index is 12.7. The minimum atomic E-state index is -0.468. The molecule has 0 unspecified atom stereocenters. The Kier molecular flexibility index (Phi) is 2.99. The van der Waals surface area contributed by atoms with Crippen LogP contribution in [0.15, 0.2) is 18.5 Å². The van der Waals surface area contributed by atoms with Crippen LogP contribution in [0.3, 0.4) is 0 Å². The molecular weight excluding hydrogens is 181 g/mol. The third-order valence-corrected chi connectivity index (χ3v) is 1.72. The van der Waals surface area contributed by atoms with Crippen LogP contribution in [-0.2, 0) is 0 Å². The highest BCUT2D eigenvalue weighted by Crippen LogP contribution is 2.21. The van der Waals surface area contributed by atoms with Gasteiger partial charge in [0.05, 0.1) is 6.20 Å². The lowest BCUT2D eigenvalue weighted by Crippen LogP contribution is -2.13. The minimum Gasteiger partial charge on any atom is -0.294 e. The highest BCUT2D eigenvalue weighted by atomic mass is 19.1. The normalized spacial score (nSPS) is 11.4. The van der Waals surface area contributed by atoms with Gasteiger partial charge in [-0.1, -0.05) is 20.8 Å². The van der Waals surface area contributed by atoms with Crippen LogP contribution in [0.4, 0.5) is 4.39 Å². The molecule has 1 aromatic rings. The SMILES string of the molecule is CC(C)(C)CC(=O)c1cncc(F)c1. The maximum Gasteiger partial charge on any atom is 0.165 e. The van der Waals surface area contributed by atoms with Crippen LogP contribution in [0.5, 0.6) is 0 Å². The van der Waals surface area contributed by atoms with Gasteiger partial charge in [0.15, 0.2) is 5.78 Å². The van der Waals surface area contributed by atoms with Crippen molar-refractivity contribution >= 4 is 5.78 Å². The zero-order valence-electron chi connectivity index (χ0n) is 8.67. The molecule has 0 saturated heterocycles. The quantitative estimate of drug-likeness (QED) is 0.679. The molecule has 76 valence electrons. The molecule has 2 nitrogen and oxygen atoms in total. The molecule has 0 fully saturated rings. The highest BCUT2D eigenvalue weighted by Gasteiger charge is 2.17. The number of Topliss-reactive ketones (excluding diaryl/α,β-unsaturated/α-hetero) is 1. The fraction of sp³-hybridized carbons (Fsp3) is 0.455. The fourth-order valence-electron chi connectivity index (χ4n) is 1.15. The van der Waals surface area contributed by atoms with Crippen LogP contribution >= 0.6 is 0 Å². The Labute approximate surface area is 83.2 Å². The lowest BCUT2D eigenvalue weighted by molar-refractivity contribution is 0.0939. The number of hydrogen-bond acceptors (Lipinski definition) is 2. The molecular formula is C11H14FNO.